The highest BCUT2D eigenvalue weighted by atomic mass is 19.1. The molecule has 1 N–H and O–H groups in total. The van der Waals surface area contributed by atoms with Gasteiger partial charge in [0.25, 0.3) is 0 Å². The van der Waals surface area contributed by atoms with Gasteiger partial charge in [0.2, 0.25) is 0 Å². The maximum Gasteiger partial charge on any atom is 0.125 e. The van der Waals surface area contributed by atoms with Gasteiger partial charge in [-0.3, -0.25) is 0 Å². The van der Waals surface area contributed by atoms with Gasteiger partial charge in [-0.15, -0.1) is 0 Å². The lowest BCUT2D eigenvalue weighted by molar-refractivity contribution is 0.625. The van der Waals surface area contributed by atoms with Crippen LogP contribution in [-0.2, 0) is 6.54 Å². The summed E-state index contributed by atoms with van der Waals surface area (Å²) in [6.45, 7) is 0.268. The fourth-order valence-corrected chi connectivity index (χ4v) is 1.61. The first kappa shape index (κ1) is 12.1. The number of halogens is 2. The number of hydrogen-bond acceptors (Lipinski definition) is 2. The second-order valence-electron chi connectivity index (χ2n) is 3.78. The summed E-state index contributed by atoms with van der Waals surface area (Å²) in [4.78, 5) is 0. The van der Waals surface area contributed by atoms with Crippen LogP contribution in [0.4, 0.5) is 14.5 Å². The van der Waals surface area contributed by atoms with Gasteiger partial charge in [-0.1, -0.05) is 6.07 Å². The van der Waals surface area contributed by atoms with E-state index in [1.807, 2.05) is 6.07 Å². The molecule has 0 amide bonds. The van der Waals surface area contributed by atoms with E-state index in [4.69, 9.17) is 5.26 Å². The summed E-state index contributed by atoms with van der Waals surface area (Å²) in [7, 11) is 0. The Kier molecular flexibility index (Phi) is 3.54. The van der Waals surface area contributed by atoms with Crippen LogP contribution in [0.5, 0.6) is 0 Å². The molecule has 4 heteroatoms. The van der Waals surface area contributed by atoms with Crippen LogP contribution in [-0.4, -0.2) is 0 Å². The first-order chi connectivity index (χ1) is 8.69. The Morgan fingerprint density at radius 1 is 1.06 bits per heavy atom. The van der Waals surface area contributed by atoms with E-state index in [2.05, 4.69) is 5.32 Å². The van der Waals surface area contributed by atoms with Crippen molar-refractivity contribution in [2.24, 2.45) is 0 Å². The predicted octanol–water partition coefficient (Wildman–Crippen LogP) is 3.45. The highest BCUT2D eigenvalue weighted by molar-refractivity contribution is 5.46. The van der Waals surface area contributed by atoms with E-state index in [0.29, 0.717) is 16.8 Å². The summed E-state index contributed by atoms with van der Waals surface area (Å²) in [5.74, 6) is -0.746. The van der Waals surface area contributed by atoms with E-state index < -0.39 is 5.82 Å². The van der Waals surface area contributed by atoms with Gasteiger partial charge < -0.3 is 5.32 Å². The van der Waals surface area contributed by atoms with Crippen LogP contribution >= 0.6 is 0 Å². The second kappa shape index (κ2) is 5.28. The largest absolute Gasteiger partial charge is 0.381 e. The van der Waals surface area contributed by atoms with Gasteiger partial charge in [0.15, 0.2) is 0 Å². The minimum Gasteiger partial charge on any atom is -0.381 e. The number of hydrogen-bond donors (Lipinski definition) is 1. The molecule has 0 atom stereocenters. The summed E-state index contributed by atoms with van der Waals surface area (Å²) in [6, 6.07) is 11.9. The highest BCUT2D eigenvalue weighted by Crippen LogP contribution is 2.14. The van der Waals surface area contributed by atoms with E-state index in [-0.39, 0.29) is 12.4 Å². The van der Waals surface area contributed by atoms with Crippen molar-refractivity contribution in [2.75, 3.05) is 5.32 Å². The van der Waals surface area contributed by atoms with Gasteiger partial charge in [0, 0.05) is 12.2 Å². The molecule has 0 radical (unpaired) electrons. The summed E-state index contributed by atoms with van der Waals surface area (Å²) in [5.41, 5.74) is 1.53. The number of rotatable bonds is 3. The first-order valence-electron chi connectivity index (χ1n) is 5.37. The molecule has 2 nitrogen and oxygen atoms in total. The lowest BCUT2D eigenvalue weighted by Gasteiger charge is -2.08. The lowest BCUT2D eigenvalue weighted by Crippen LogP contribution is -2.02. The molecule has 0 aliphatic carbocycles. The minimum absolute atomic E-state index is 0.268. The van der Waals surface area contributed by atoms with Gasteiger partial charge in [-0.2, -0.15) is 5.26 Å². The molecule has 0 aromatic heterocycles. The molecule has 90 valence electrons. The third kappa shape index (κ3) is 2.83. The Balaban J connectivity index is 2.15. The van der Waals surface area contributed by atoms with Gasteiger partial charge in [0.05, 0.1) is 11.6 Å². The molecule has 0 unspecified atom stereocenters. The van der Waals surface area contributed by atoms with Crippen LogP contribution in [0.15, 0.2) is 42.5 Å². The zero-order valence-corrected chi connectivity index (χ0v) is 9.45. The zero-order valence-electron chi connectivity index (χ0n) is 9.45. The fourth-order valence-electron chi connectivity index (χ4n) is 1.61. The average molecular weight is 244 g/mol. The van der Waals surface area contributed by atoms with Crippen molar-refractivity contribution in [1.82, 2.24) is 0 Å². The Morgan fingerprint density at radius 3 is 2.56 bits per heavy atom. The van der Waals surface area contributed by atoms with Gasteiger partial charge in [0.1, 0.15) is 11.6 Å². The van der Waals surface area contributed by atoms with Gasteiger partial charge in [-0.05, 0) is 42.0 Å². The Labute approximate surface area is 103 Å². The molecule has 18 heavy (non-hydrogen) atoms. The van der Waals surface area contributed by atoms with Crippen LogP contribution in [0.25, 0.3) is 0 Å². The van der Waals surface area contributed by atoms with E-state index in [0.717, 1.165) is 0 Å². The van der Waals surface area contributed by atoms with Crippen molar-refractivity contribution in [3.05, 3.63) is 65.2 Å². The molecule has 0 saturated carbocycles. The number of nitriles is 1. The molecule has 0 aliphatic rings. The number of nitrogens with zero attached hydrogens (tertiary/aromatic N) is 1. The lowest BCUT2D eigenvalue weighted by atomic mass is 10.1. The monoisotopic (exact) mass is 244 g/mol. The predicted molar refractivity (Wildman–Crippen MR) is 64.8 cm³/mol. The van der Waals surface area contributed by atoms with E-state index in [1.54, 1.807) is 12.1 Å². The van der Waals surface area contributed by atoms with Crippen LogP contribution in [0.2, 0.25) is 0 Å². The van der Waals surface area contributed by atoms with Crippen molar-refractivity contribution in [3.63, 3.8) is 0 Å². The molecular weight excluding hydrogens is 234 g/mol. The van der Waals surface area contributed by atoms with Crippen LogP contribution in [0, 0.1) is 23.0 Å². The molecule has 2 aromatic carbocycles. The molecule has 0 heterocycles. The average Bonchev–Trinajstić information content (AvgIpc) is 2.37. The first-order valence-corrected chi connectivity index (χ1v) is 5.37. The number of nitrogens with one attached hydrogen (secondary N) is 1. The van der Waals surface area contributed by atoms with E-state index >= 15 is 0 Å². The summed E-state index contributed by atoms with van der Waals surface area (Å²) >= 11 is 0. The topological polar surface area (TPSA) is 35.8 Å². The molecule has 0 aliphatic heterocycles. The molecule has 0 saturated heterocycles. The Hall–Kier alpha value is -2.41. The minimum atomic E-state index is -0.398. The number of benzene rings is 2. The van der Waals surface area contributed by atoms with Crippen LogP contribution in [0.3, 0.4) is 0 Å². The van der Waals surface area contributed by atoms with Crippen LogP contribution in [0.1, 0.15) is 11.1 Å². The maximum atomic E-state index is 13.1. The van der Waals surface area contributed by atoms with Crippen molar-refractivity contribution >= 4 is 5.69 Å². The molecule has 0 fully saturated rings. The quantitative estimate of drug-likeness (QED) is 0.897. The van der Waals surface area contributed by atoms with Crippen molar-refractivity contribution in [2.45, 2.75) is 6.54 Å². The molecule has 0 spiro atoms. The zero-order chi connectivity index (χ0) is 13.0. The van der Waals surface area contributed by atoms with Crippen molar-refractivity contribution < 1.29 is 8.78 Å². The third-order valence-corrected chi connectivity index (χ3v) is 2.50. The standard InChI is InChI=1S/C14H10F2N2/c15-12-2-1-3-14(7-12)18-9-11-6-13(16)5-4-10(11)8-17/h1-7,18H,9H2. The van der Waals surface area contributed by atoms with Crippen molar-refractivity contribution in [1.29, 1.82) is 5.26 Å². The third-order valence-electron chi connectivity index (χ3n) is 2.50. The fraction of sp³-hybridized carbons (Fsp3) is 0.0714. The summed E-state index contributed by atoms with van der Waals surface area (Å²) < 4.78 is 26.0. The SMILES string of the molecule is N#Cc1ccc(F)cc1CNc1cccc(F)c1. The van der Waals surface area contributed by atoms with Gasteiger partial charge in [-0.25, -0.2) is 8.78 Å². The molecule has 2 rings (SSSR count). The smallest absolute Gasteiger partial charge is 0.125 e. The molecule has 2 aromatic rings. The van der Waals surface area contributed by atoms with Crippen LogP contribution < -0.4 is 5.32 Å². The Bertz CT molecular complexity index is 603. The summed E-state index contributed by atoms with van der Waals surface area (Å²) in [6.07, 6.45) is 0. The van der Waals surface area contributed by atoms with Gasteiger partial charge >= 0.3 is 0 Å². The molecule has 0 bridgehead atoms. The Morgan fingerprint density at radius 2 is 1.83 bits per heavy atom. The number of anilines is 1. The van der Waals surface area contributed by atoms with E-state index in [1.165, 1.54) is 30.3 Å². The van der Waals surface area contributed by atoms with Crippen molar-refractivity contribution in [3.8, 4) is 6.07 Å². The summed E-state index contributed by atoms with van der Waals surface area (Å²) in [5, 5.41) is 11.8. The second-order valence-corrected chi connectivity index (χ2v) is 3.78. The molecular formula is C14H10F2N2. The normalized spacial score (nSPS) is 9.83. The van der Waals surface area contributed by atoms with E-state index in [9.17, 15) is 8.78 Å². The highest BCUT2D eigenvalue weighted by Gasteiger charge is 2.04. The maximum absolute atomic E-state index is 13.1.